The number of ether oxygens (including phenoxy) is 1. The van der Waals surface area contributed by atoms with Crippen LogP contribution in [0.5, 0.6) is 0 Å². The lowest BCUT2D eigenvalue weighted by molar-refractivity contribution is -0.148. The molecule has 0 spiro atoms. The quantitative estimate of drug-likeness (QED) is 0.797. The molecular formula is C13H14ClFN2O4. The molecule has 0 aliphatic carbocycles. The maximum Gasteiger partial charge on any atom is 0.319 e. The predicted octanol–water partition coefficient (Wildman–Crippen LogP) is 2.09. The average molecular weight is 317 g/mol. The molecule has 114 valence electrons. The van der Waals surface area contributed by atoms with Crippen LogP contribution in [0.4, 0.5) is 14.9 Å². The number of hydrogen-bond acceptors (Lipinski definition) is 3. The highest BCUT2D eigenvalue weighted by molar-refractivity contribution is 6.30. The molecular weight excluding hydrogens is 303 g/mol. The van der Waals surface area contributed by atoms with Crippen molar-refractivity contribution in [1.82, 2.24) is 5.32 Å². The number of anilines is 1. The van der Waals surface area contributed by atoms with Crippen molar-refractivity contribution in [3.05, 3.63) is 29.0 Å². The van der Waals surface area contributed by atoms with Crippen LogP contribution in [0, 0.1) is 11.2 Å². The van der Waals surface area contributed by atoms with E-state index >= 15 is 0 Å². The van der Waals surface area contributed by atoms with E-state index in [0.29, 0.717) is 0 Å². The van der Waals surface area contributed by atoms with Crippen LogP contribution in [-0.4, -0.2) is 36.4 Å². The Labute approximate surface area is 125 Å². The lowest BCUT2D eigenvalue weighted by Crippen LogP contribution is -2.50. The van der Waals surface area contributed by atoms with Crippen LogP contribution in [0.15, 0.2) is 18.2 Å². The number of hydrogen-bond donors (Lipinski definition) is 3. The summed E-state index contributed by atoms with van der Waals surface area (Å²) < 4.78 is 18.7. The number of urea groups is 1. The topological polar surface area (TPSA) is 87.7 Å². The van der Waals surface area contributed by atoms with Gasteiger partial charge in [0, 0.05) is 5.02 Å². The largest absolute Gasteiger partial charge is 0.481 e. The Hall–Kier alpha value is -1.86. The van der Waals surface area contributed by atoms with Gasteiger partial charge in [-0.3, -0.25) is 4.79 Å². The number of nitrogens with one attached hydrogen (secondary N) is 2. The molecule has 0 bridgehead atoms. The molecule has 1 heterocycles. The van der Waals surface area contributed by atoms with Crippen molar-refractivity contribution in [3.63, 3.8) is 0 Å². The van der Waals surface area contributed by atoms with Gasteiger partial charge in [0.2, 0.25) is 0 Å². The lowest BCUT2D eigenvalue weighted by atomic mass is 9.85. The number of carboxylic acid groups (broad SMARTS) is 1. The summed E-state index contributed by atoms with van der Waals surface area (Å²) in [6.45, 7) is 1.57. The molecule has 2 amide bonds. The van der Waals surface area contributed by atoms with E-state index in [2.05, 4.69) is 10.6 Å². The van der Waals surface area contributed by atoms with Crippen LogP contribution in [-0.2, 0) is 9.53 Å². The first kappa shape index (κ1) is 15.5. The van der Waals surface area contributed by atoms with Crippen molar-refractivity contribution in [2.45, 2.75) is 13.0 Å². The molecule has 1 saturated heterocycles. The number of benzene rings is 1. The highest BCUT2D eigenvalue weighted by Crippen LogP contribution is 2.28. The van der Waals surface area contributed by atoms with Crippen LogP contribution in [0.3, 0.4) is 0 Å². The van der Waals surface area contributed by atoms with Crippen LogP contribution in [0.25, 0.3) is 0 Å². The van der Waals surface area contributed by atoms with E-state index in [4.69, 9.17) is 16.3 Å². The number of aliphatic carboxylic acids is 1. The summed E-state index contributed by atoms with van der Waals surface area (Å²) in [6.07, 6.45) is 0. The van der Waals surface area contributed by atoms with Gasteiger partial charge in [-0.05, 0) is 25.1 Å². The van der Waals surface area contributed by atoms with Gasteiger partial charge in [-0.2, -0.15) is 0 Å². The third-order valence-corrected chi connectivity index (χ3v) is 3.66. The third-order valence-electron chi connectivity index (χ3n) is 3.43. The molecule has 21 heavy (non-hydrogen) atoms. The Morgan fingerprint density at radius 1 is 1.52 bits per heavy atom. The second kappa shape index (κ2) is 5.87. The van der Waals surface area contributed by atoms with Gasteiger partial charge in [-0.15, -0.1) is 0 Å². The lowest BCUT2D eigenvalue weighted by Gasteiger charge is -2.25. The van der Waals surface area contributed by atoms with Crippen molar-refractivity contribution in [1.29, 1.82) is 0 Å². The van der Waals surface area contributed by atoms with Gasteiger partial charge in [0.25, 0.3) is 0 Å². The number of halogens is 2. The van der Waals surface area contributed by atoms with E-state index < -0.39 is 29.3 Å². The molecule has 2 unspecified atom stereocenters. The molecule has 1 aliphatic rings. The number of carbonyl (C=O) groups excluding carboxylic acids is 1. The Kier molecular flexibility index (Phi) is 4.34. The van der Waals surface area contributed by atoms with Gasteiger partial charge in [0.05, 0.1) is 24.9 Å². The van der Waals surface area contributed by atoms with Crippen molar-refractivity contribution < 1.29 is 23.8 Å². The number of amides is 2. The average Bonchev–Trinajstić information content (AvgIpc) is 2.76. The standard InChI is InChI=1S/C13H14ClFN2O4/c1-13(11(18)19)6-21-5-10(13)17-12(20)16-9-3-2-7(14)4-8(9)15/h2-4,10H,5-6H2,1H3,(H,18,19)(H2,16,17,20). The van der Waals surface area contributed by atoms with E-state index in [0.717, 1.165) is 6.07 Å². The molecule has 1 aromatic carbocycles. The summed E-state index contributed by atoms with van der Waals surface area (Å²) >= 11 is 5.61. The zero-order chi connectivity index (χ0) is 15.6. The van der Waals surface area contributed by atoms with Gasteiger partial charge < -0.3 is 20.5 Å². The molecule has 1 fully saturated rings. The molecule has 0 radical (unpaired) electrons. The number of carbonyl (C=O) groups is 2. The molecule has 6 nitrogen and oxygen atoms in total. The van der Waals surface area contributed by atoms with Gasteiger partial charge in [-0.1, -0.05) is 11.6 Å². The summed E-state index contributed by atoms with van der Waals surface area (Å²) in [5.74, 6) is -1.75. The summed E-state index contributed by atoms with van der Waals surface area (Å²) in [5, 5.41) is 14.2. The maximum absolute atomic E-state index is 13.6. The Balaban J connectivity index is 2.03. The molecule has 3 N–H and O–H groups in total. The second-order valence-electron chi connectivity index (χ2n) is 5.01. The van der Waals surface area contributed by atoms with Crippen molar-refractivity contribution in [2.75, 3.05) is 18.5 Å². The summed E-state index contributed by atoms with van der Waals surface area (Å²) in [6, 6.07) is 2.40. The van der Waals surface area contributed by atoms with E-state index in [1.165, 1.54) is 19.1 Å². The van der Waals surface area contributed by atoms with Crippen molar-refractivity contribution >= 4 is 29.3 Å². The summed E-state index contributed by atoms with van der Waals surface area (Å²) in [4.78, 5) is 23.1. The fourth-order valence-electron chi connectivity index (χ4n) is 1.99. The highest BCUT2D eigenvalue weighted by atomic mass is 35.5. The fourth-order valence-corrected chi connectivity index (χ4v) is 2.15. The maximum atomic E-state index is 13.6. The smallest absolute Gasteiger partial charge is 0.319 e. The van der Waals surface area contributed by atoms with Gasteiger partial charge >= 0.3 is 12.0 Å². The SMILES string of the molecule is CC1(C(=O)O)COCC1NC(=O)Nc1ccc(Cl)cc1F. The van der Waals surface area contributed by atoms with Crippen LogP contribution < -0.4 is 10.6 Å². The second-order valence-corrected chi connectivity index (χ2v) is 5.45. The Morgan fingerprint density at radius 3 is 2.86 bits per heavy atom. The van der Waals surface area contributed by atoms with Crippen molar-refractivity contribution in [3.8, 4) is 0 Å². The van der Waals surface area contributed by atoms with Crippen LogP contribution >= 0.6 is 11.6 Å². The minimum Gasteiger partial charge on any atom is -0.481 e. The van der Waals surface area contributed by atoms with E-state index in [1.54, 1.807) is 0 Å². The normalized spacial score (nSPS) is 24.6. The molecule has 1 aliphatic heterocycles. The first-order valence-corrected chi connectivity index (χ1v) is 6.54. The monoisotopic (exact) mass is 316 g/mol. The molecule has 2 rings (SSSR count). The minimum absolute atomic E-state index is 0.00257. The molecule has 0 aromatic heterocycles. The van der Waals surface area contributed by atoms with E-state index in [-0.39, 0.29) is 23.9 Å². The van der Waals surface area contributed by atoms with Crippen LogP contribution in [0.1, 0.15) is 6.92 Å². The summed E-state index contributed by atoms with van der Waals surface area (Å²) in [5.41, 5.74) is -1.26. The molecule has 1 aromatic rings. The summed E-state index contributed by atoms with van der Waals surface area (Å²) in [7, 11) is 0. The van der Waals surface area contributed by atoms with Gasteiger partial charge in [0.1, 0.15) is 11.2 Å². The fraction of sp³-hybridized carbons (Fsp3) is 0.385. The highest BCUT2D eigenvalue weighted by Gasteiger charge is 2.47. The van der Waals surface area contributed by atoms with Crippen LogP contribution in [0.2, 0.25) is 5.02 Å². The molecule has 8 heteroatoms. The van der Waals surface area contributed by atoms with Crippen molar-refractivity contribution in [2.24, 2.45) is 5.41 Å². The van der Waals surface area contributed by atoms with Gasteiger partial charge in [0.15, 0.2) is 0 Å². The molecule has 0 saturated carbocycles. The first-order chi connectivity index (χ1) is 9.83. The third kappa shape index (κ3) is 3.25. The zero-order valence-electron chi connectivity index (χ0n) is 11.2. The number of rotatable bonds is 3. The molecule has 2 atom stereocenters. The zero-order valence-corrected chi connectivity index (χ0v) is 11.9. The first-order valence-electron chi connectivity index (χ1n) is 6.16. The minimum atomic E-state index is -1.21. The Bertz CT molecular complexity index is 583. The van der Waals surface area contributed by atoms with E-state index in [1.807, 2.05) is 0 Å². The number of carboxylic acids is 1. The Morgan fingerprint density at radius 2 is 2.24 bits per heavy atom. The predicted molar refractivity (Wildman–Crippen MR) is 73.9 cm³/mol. The van der Waals surface area contributed by atoms with E-state index in [9.17, 15) is 19.1 Å². The van der Waals surface area contributed by atoms with Gasteiger partial charge in [-0.25, -0.2) is 9.18 Å².